The van der Waals surface area contributed by atoms with E-state index in [1.807, 2.05) is 0 Å². The number of benzene rings is 1. The van der Waals surface area contributed by atoms with E-state index in [-0.39, 0.29) is 36.6 Å². The summed E-state index contributed by atoms with van der Waals surface area (Å²) in [6, 6.07) is 2.42. The molecular weight excluding hydrogens is 457 g/mol. The largest absolute Gasteiger partial charge is 0.433 e. The second kappa shape index (κ2) is 8.79. The average Bonchev–Trinajstić information content (AvgIpc) is 3.08. The molecule has 1 aromatic carbocycles. The van der Waals surface area contributed by atoms with Crippen molar-refractivity contribution in [3.05, 3.63) is 53.1 Å². The number of carbonyl (C=O) groups is 1. The number of rotatable bonds is 6. The van der Waals surface area contributed by atoms with E-state index in [4.69, 9.17) is 72.0 Å². The fraction of sp³-hybridized carbons (Fsp3) is 0.0769. The topological polar surface area (TPSA) is 104 Å². The van der Waals surface area contributed by atoms with E-state index in [1.165, 1.54) is 6.07 Å². The predicted octanol–water partition coefficient (Wildman–Crippen LogP) is 5.41. The molecule has 0 aliphatic carbocycles. The summed E-state index contributed by atoms with van der Waals surface area (Å²) in [7, 11) is 0. The van der Waals surface area contributed by atoms with Crippen LogP contribution in [0.5, 0.6) is 5.75 Å². The Bertz CT molecular complexity index is 868. The Labute approximate surface area is 170 Å². The quantitative estimate of drug-likeness (QED) is 0.108. The maximum atomic E-state index is 11.8. The molecule has 0 radical (unpaired) electrons. The Balaban J connectivity index is 1.97. The fourth-order valence-electron chi connectivity index (χ4n) is 1.51. The zero-order valence-corrected chi connectivity index (χ0v) is 16.0. The Morgan fingerprint density at radius 1 is 1.12 bits per heavy atom. The lowest BCUT2D eigenvalue weighted by Gasteiger charge is -2.11. The van der Waals surface area contributed by atoms with Gasteiger partial charge in [-0.25, -0.2) is 4.79 Å². The zero-order valence-electron chi connectivity index (χ0n) is 12.2. The van der Waals surface area contributed by atoms with E-state index in [2.05, 4.69) is 5.16 Å². The van der Waals surface area contributed by atoms with Gasteiger partial charge in [0.1, 0.15) is 21.2 Å². The minimum atomic E-state index is -0.925. The van der Waals surface area contributed by atoms with Crippen LogP contribution in [-0.2, 0) is 9.63 Å². The Morgan fingerprint density at radius 2 is 1.69 bits per heavy atom. The molecule has 0 spiro atoms. The van der Waals surface area contributed by atoms with Gasteiger partial charge in [0.2, 0.25) is 6.61 Å². The summed E-state index contributed by atoms with van der Waals surface area (Å²) in [5, 5.41) is 13.1. The molecule has 0 fully saturated rings. The van der Waals surface area contributed by atoms with Crippen LogP contribution in [0.25, 0.3) is 0 Å². The van der Waals surface area contributed by atoms with E-state index in [0.29, 0.717) is 0 Å². The van der Waals surface area contributed by atoms with E-state index < -0.39 is 23.4 Å². The van der Waals surface area contributed by atoms with Gasteiger partial charge in [0.15, 0.2) is 11.5 Å². The summed E-state index contributed by atoms with van der Waals surface area (Å²) in [6.07, 6.45) is 1.02. The molecule has 138 valence electrons. The fourth-order valence-corrected chi connectivity index (χ4v) is 2.70. The molecule has 0 saturated heterocycles. The first-order valence-electron chi connectivity index (χ1n) is 6.34. The lowest BCUT2D eigenvalue weighted by Crippen LogP contribution is -2.14. The molecule has 0 amide bonds. The first-order valence-corrected chi connectivity index (χ1v) is 8.23. The molecule has 0 N–H and O–H groups in total. The number of nitro groups is 1. The second-order valence-corrected chi connectivity index (χ2v) is 6.20. The molecule has 0 unspecified atom stereocenters. The van der Waals surface area contributed by atoms with Crippen molar-refractivity contribution >= 4 is 76.1 Å². The Kier molecular flexibility index (Phi) is 6.96. The molecule has 2 aromatic rings. The number of hydrogen-bond acceptors (Lipinski definition) is 7. The van der Waals surface area contributed by atoms with Crippen molar-refractivity contribution in [1.29, 1.82) is 0 Å². The van der Waals surface area contributed by atoms with Crippen LogP contribution in [0.2, 0.25) is 25.1 Å². The lowest BCUT2D eigenvalue weighted by molar-refractivity contribution is -0.402. The highest BCUT2D eigenvalue weighted by Crippen LogP contribution is 2.48. The van der Waals surface area contributed by atoms with Crippen LogP contribution in [0.15, 0.2) is 21.7 Å². The van der Waals surface area contributed by atoms with Crippen LogP contribution in [0, 0.1) is 10.1 Å². The normalized spacial score (nSPS) is 11.0. The second-order valence-electron chi connectivity index (χ2n) is 4.31. The van der Waals surface area contributed by atoms with Gasteiger partial charge in [0.25, 0.3) is 0 Å². The van der Waals surface area contributed by atoms with Gasteiger partial charge < -0.3 is 14.0 Å². The molecule has 0 aliphatic rings. The van der Waals surface area contributed by atoms with E-state index >= 15 is 0 Å². The van der Waals surface area contributed by atoms with Gasteiger partial charge in [-0.2, -0.15) is 0 Å². The predicted molar refractivity (Wildman–Crippen MR) is 96.0 cm³/mol. The minimum absolute atomic E-state index is 0.0485. The van der Waals surface area contributed by atoms with Crippen LogP contribution >= 0.6 is 58.0 Å². The maximum Gasteiger partial charge on any atom is 0.433 e. The number of carbonyl (C=O) groups excluding carboxylic acids is 1. The first kappa shape index (κ1) is 20.6. The molecular formula is C13H5Cl5N2O6. The molecule has 26 heavy (non-hydrogen) atoms. The Hall–Kier alpha value is -1.71. The number of furan rings is 1. The zero-order chi connectivity index (χ0) is 19.4. The SMILES string of the molecule is O=C(CON=Cc1ccc([N+](=O)[O-])o1)Oc1c(Cl)c(Cl)c(Cl)c(Cl)c1Cl. The summed E-state index contributed by atoms with van der Waals surface area (Å²) in [4.78, 5) is 26.2. The molecule has 0 bridgehead atoms. The summed E-state index contributed by atoms with van der Waals surface area (Å²) in [6.45, 7) is -0.635. The highest BCUT2D eigenvalue weighted by atomic mass is 35.5. The van der Waals surface area contributed by atoms with Gasteiger partial charge in [0, 0.05) is 0 Å². The third-order valence-corrected chi connectivity index (χ3v) is 4.86. The van der Waals surface area contributed by atoms with E-state index in [0.717, 1.165) is 12.3 Å². The smallest absolute Gasteiger partial charge is 0.421 e. The van der Waals surface area contributed by atoms with Crippen molar-refractivity contribution in [3.8, 4) is 5.75 Å². The van der Waals surface area contributed by atoms with Crippen LogP contribution in [0.1, 0.15) is 5.76 Å². The number of halogens is 5. The third-order valence-electron chi connectivity index (χ3n) is 2.61. The van der Waals surface area contributed by atoms with E-state index in [1.54, 1.807) is 0 Å². The molecule has 0 aliphatic heterocycles. The third kappa shape index (κ3) is 4.72. The molecule has 0 atom stereocenters. The van der Waals surface area contributed by atoms with Gasteiger partial charge in [-0.15, -0.1) is 0 Å². The van der Waals surface area contributed by atoms with Crippen molar-refractivity contribution in [2.75, 3.05) is 6.61 Å². The van der Waals surface area contributed by atoms with Gasteiger partial charge in [-0.05, 0) is 6.07 Å². The molecule has 8 nitrogen and oxygen atoms in total. The van der Waals surface area contributed by atoms with Crippen LogP contribution in [-0.4, -0.2) is 23.7 Å². The summed E-state index contributed by atoms with van der Waals surface area (Å²) in [5.74, 6) is -1.63. The van der Waals surface area contributed by atoms with Crippen molar-refractivity contribution in [1.82, 2.24) is 0 Å². The van der Waals surface area contributed by atoms with Crippen LogP contribution in [0.4, 0.5) is 5.88 Å². The maximum absolute atomic E-state index is 11.8. The molecule has 1 aromatic heterocycles. The van der Waals surface area contributed by atoms with E-state index in [9.17, 15) is 14.9 Å². The number of oxime groups is 1. The Morgan fingerprint density at radius 3 is 2.23 bits per heavy atom. The van der Waals surface area contributed by atoms with Crippen molar-refractivity contribution in [2.24, 2.45) is 5.16 Å². The van der Waals surface area contributed by atoms with Crippen LogP contribution in [0.3, 0.4) is 0 Å². The summed E-state index contributed by atoms with van der Waals surface area (Å²) in [5.41, 5.74) is 0. The number of nitrogens with zero attached hydrogens (tertiary/aromatic N) is 2. The summed E-state index contributed by atoms with van der Waals surface area (Å²) >= 11 is 29.3. The standard InChI is InChI=1S/C13H5Cl5N2O6/c14-8-9(15)11(17)13(12(18)10(8)16)26-7(21)4-24-19-3-5-1-2-6(25-5)20(22)23/h1-3H,4H2. The van der Waals surface area contributed by atoms with Crippen molar-refractivity contribution in [2.45, 2.75) is 0 Å². The molecule has 13 heteroatoms. The van der Waals surface area contributed by atoms with Gasteiger partial charge >= 0.3 is 11.9 Å². The highest BCUT2D eigenvalue weighted by molar-refractivity contribution is 6.55. The van der Waals surface area contributed by atoms with Gasteiger partial charge in [-0.3, -0.25) is 10.1 Å². The monoisotopic (exact) mass is 460 g/mol. The van der Waals surface area contributed by atoms with Crippen molar-refractivity contribution < 1.29 is 23.7 Å². The minimum Gasteiger partial charge on any atom is -0.421 e. The number of hydrogen-bond donors (Lipinski definition) is 0. The molecule has 1 heterocycles. The van der Waals surface area contributed by atoms with Gasteiger partial charge in [-0.1, -0.05) is 63.2 Å². The van der Waals surface area contributed by atoms with Crippen LogP contribution < -0.4 is 4.74 Å². The number of ether oxygens (including phenoxy) is 1. The highest BCUT2D eigenvalue weighted by Gasteiger charge is 2.22. The van der Waals surface area contributed by atoms with Crippen molar-refractivity contribution in [3.63, 3.8) is 0 Å². The summed E-state index contributed by atoms with van der Waals surface area (Å²) < 4.78 is 9.73. The van der Waals surface area contributed by atoms with Gasteiger partial charge in [0.05, 0.1) is 21.1 Å². The average molecular weight is 462 g/mol. The molecule has 2 rings (SSSR count). The molecule has 0 saturated carbocycles. The first-order chi connectivity index (χ1) is 12.2. The lowest BCUT2D eigenvalue weighted by atomic mass is 10.3. The number of esters is 1.